The van der Waals surface area contributed by atoms with Gasteiger partial charge in [-0.15, -0.1) is 0 Å². The summed E-state index contributed by atoms with van der Waals surface area (Å²) in [5.74, 6) is -0.188. The Morgan fingerprint density at radius 3 is 2.50 bits per heavy atom. The van der Waals surface area contributed by atoms with Crippen molar-refractivity contribution < 1.29 is 22.7 Å². The first-order valence-corrected chi connectivity index (χ1v) is 6.03. The number of rotatable bonds is 9. The predicted octanol–water partition coefficient (Wildman–Crippen LogP) is 1.54. The lowest BCUT2D eigenvalue weighted by Crippen LogP contribution is -2.34. The molecule has 0 saturated carbocycles. The molecule has 0 rings (SSSR count). The molecule has 0 aromatic rings. The lowest BCUT2D eigenvalue weighted by atomic mass is 10.3. The molecule has 2 N–H and O–H groups in total. The first kappa shape index (κ1) is 17.2. The van der Waals surface area contributed by atoms with Gasteiger partial charge in [-0.3, -0.25) is 4.79 Å². The fourth-order valence-corrected chi connectivity index (χ4v) is 1.42. The van der Waals surface area contributed by atoms with Crippen molar-refractivity contribution in [2.24, 2.45) is 5.73 Å². The average molecular weight is 270 g/mol. The summed E-state index contributed by atoms with van der Waals surface area (Å²) in [5.41, 5.74) is 5.35. The van der Waals surface area contributed by atoms with Crippen molar-refractivity contribution in [3.63, 3.8) is 0 Å². The number of nitrogens with zero attached hydrogens (tertiary/aromatic N) is 1. The first-order chi connectivity index (χ1) is 8.40. The van der Waals surface area contributed by atoms with Crippen molar-refractivity contribution in [2.45, 2.75) is 32.4 Å². The Morgan fingerprint density at radius 2 is 2.00 bits per heavy atom. The van der Waals surface area contributed by atoms with Gasteiger partial charge in [-0.2, -0.15) is 13.2 Å². The molecular weight excluding hydrogens is 249 g/mol. The van der Waals surface area contributed by atoms with Gasteiger partial charge in [0.15, 0.2) is 0 Å². The summed E-state index contributed by atoms with van der Waals surface area (Å²) in [7, 11) is 0. The SMILES string of the molecule is CCCN(CCCN)C(=O)CCOCC(F)(F)F. The minimum atomic E-state index is -4.34. The van der Waals surface area contributed by atoms with Gasteiger partial charge in [0, 0.05) is 13.1 Å². The fourth-order valence-electron chi connectivity index (χ4n) is 1.42. The van der Waals surface area contributed by atoms with E-state index in [4.69, 9.17) is 5.73 Å². The summed E-state index contributed by atoms with van der Waals surface area (Å²) in [6, 6.07) is 0. The largest absolute Gasteiger partial charge is 0.411 e. The number of amides is 1. The van der Waals surface area contributed by atoms with Crippen LogP contribution in [0.15, 0.2) is 0 Å². The zero-order valence-corrected chi connectivity index (χ0v) is 10.6. The van der Waals surface area contributed by atoms with Crippen LogP contribution in [0.1, 0.15) is 26.2 Å². The highest BCUT2D eigenvalue weighted by Crippen LogP contribution is 2.14. The van der Waals surface area contributed by atoms with E-state index in [0.717, 1.165) is 6.42 Å². The normalized spacial score (nSPS) is 11.6. The van der Waals surface area contributed by atoms with Gasteiger partial charge in [-0.05, 0) is 19.4 Å². The van der Waals surface area contributed by atoms with Crippen molar-refractivity contribution >= 4 is 5.91 Å². The Hall–Kier alpha value is -0.820. The molecule has 0 spiro atoms. The van der Waals surface area contributed by atoms with E-state index in [-0.39, 0.29) is 18.9 Å². The molecule has 18 heavy (non-hydrogen) atoms. The summed E-state index contributed by atoms with van der Waals surface area (Å²) >= 11 is 0. The van der Waals surface area contributed by atoms with Crippen molar-refractivity contribution in [3.8, 4) is 0 Å². The average Bonchev–Trinajstić information content (AvgIpc) is 2.28. The molecule has 4 nitrogen and oxygen atoms in total. The Labute approximate surface area is 105 Å². The van der Waals surface area contributed by atoms with Crippen LogP contribution >= 0.6 is 0 Å². The molecule has 0 saturated heterocycles. The molecule has 0 aliphatic carbocycles. The molecule has 0 aromatic carbocycles. The van der Waals surface area contributed by atoms with Crippen LogP contribution in [0.5, 0.6) is 0 Å². The maximum atomic E-state index is 11.8. The quantitative estimate of drug-likeness (QED) is 0.647. The molecule has 108 valence electrons. The van der Waals surface area contributed by atoms with E-state index in [2.05, 4.69) is 4.74 Å². The van der Waals surface area contributed by atoms with Crippen LogP contribution < -0.4 is 5.73 Å². The molecule has 0 aliphatic heterocycles. The number of hydrogen-bond acceptors (Lipinski definition) is 3. The van der Waals surface area contributed by atoms with Gasteiger partial charge in [-0.1, -0.05) is 6.92 Å². The minimum Gasteiger partial charge on any atom is -0.372 e. The van der Waals surface area contributed by atoms with E-state index in [9.17, 15) is 18.0 Å². The first-order valence-electron chi connectivity index (χ1n) is 6.03. The third-order valence-electron chi connectivity index (χ3n) is 2.20. The van der Waals surface area contributed by atoms with Gasteiger partial charge in [0.25, 0.3) is 0 Å². The van der Waals surface area contributed by atoms with E-state index in [1.54, 1.807) is 4.90 Å². The Morgan fingerprint density at radius 1 is 1.33 bits per heavy atom. The van der Waals surface area contributed by atoms with Crippen LogP contribution in [-0.2, 0) is 9.53 Å². The molecule has 0 atom stereocenters. The van der Waals surface area contributed by atoms with E-state index >= 15 is 0 Å². The summed E-state index contributed by atoms with van der Waals surface area (Å²) in [5, 5.41) is 0. The Kier molecular flexibility index (Phi) is 8.74. The summed E-state index contributed by atoms with van der Waals surface area (Å²) in [6.45, 7) is 2.04. The van der Waals surface area contributed by atoms with E-state index in [1.165, 1.54) is 0 Å². The summed E-state index contributed by atoms with van der Waals surface area (Å²) < 4.78 is 39.8. The second kappa shape index (κ2) is 9.16. The van der Waals surface area contributed by atoms with Crippen molar-refractivity contribution in [1.82, 2.24) is 4.90 Å². The second-order valence-electron chi connectivity index (χ2n) is 3.94. The van der Waals surface area contributed by atoms with Crippen molar-refractivity contribution in [3.05, 3.63) is 0 Å². The molecule has 7 heteroatoms. The number of alkyl halides is 3. The van der Waals surface area contributed by atoms with Gasteiger partial charge in [0.05, 0.1) is 13.0 Å². The number of ether oxygens (including phenoxy) is 1. The number of carbonyl (C=O) groups excluding carboxylic acids is 1. The maximum absolute atomic E-state index is 11.8. The molecule has 0 bridgehead atoms. The van der Waals surface area contributed by atoms with Gasteiger partial charge in [0.1, 0.15) is 6.61 Å². The molecule has 0 heterocycles. The van der Waals surface area contributed by atoms with E-state index in [0.29, 0.717) is 26.1 Å². The molecule has 0 fully saturated rings. The smallest absolute Gasteiger partial charge is 0.372 e. The lowest BCUT2D eigenvalue weighted by molar-refractivity contribution is -0.175. The zero-order valence-electron chi connectivity index (χ0n) is 10.6. The van der Waals surface area contributed by atoms with Crippen molar-refractivity contribution in [1.29, 1.82) is 0 Å². The molecule has 0 radical (unpaired) electrons. The molecular formula is C11H21F3N2O2. The van der Waals surface area contributed by atoms with Gasteiger partial charge in [0.2, 0.25) is 5.91 Å². The van der Waals surface area contributed by atoms with Crippen molar-refractivity contribution in [2.75, 3.05) is 32.8 Å². The predicted molar refractivity (Wildman–Crippen MR) is 62.0 cm³/mol. The second-order valence-corrected chi connectivity index (χ2v) is 3.94. The highest BCUT2D eigenvalue weighted by Gasteiger charge is 2.27. The standard InChI is InChI=1S/C11H21F3N2O2/c1-2-6-16(7-3-5-15)10(17)4-8-18-9-11(12,13)14/h2-9,15H2,1H3. The van der Waals surface area contributed by atoms with Gasteiger partial charge >= 0.3 is 6.18 Å². The number of carbonyl (C=O) groups is 1. The van der Waals surface area contributed by atoms with Crippen LogP contribution in [0.2, 0.25) is 0 Å². The monoisotopic (exact) mass is 270 g/mol. The lowest BCUT2D eigenvalue weighted by Gasteiger charge is -2.21. The Bertz CT molecular complexity index is 235. The maximum Gasteiger partial charge on any atom is 0.411 e. The van der Waals surface area contributed by atoms with Crippen LogP contribution in [-0.4, -0.2) is 49.8 Å². The van der Waals surface area contributed by atoms with E-state index < -0.39 is 12.8 Å². The van der Waals surface area contributed by atoms with Crippen LogP contribution in [0, 0.1) is 0 Å². The van der Waals surface area contributed by atoms with Crippen LogP contribution in [0.3, 0.4) is 0 Å². The van der Waals surface area contributed by atoms with E-state index in [1.807, 2.05) is 6.92 Å². The van der Waals surface area contributed by atoms with Crippen LogP contribution in [0.4, 0.5) is 13.2 Å². The molecule has 0 aliphatic rings. The Balaban J connectivity index is 3.87. The fraction of sp³-hybridized carbons (Fsp3) is 0.909. The number of halogens is 3. The zero-order chi connectivity index (χ0) is 14.0. The summed E-state index contributed by atoms with van der Waals surface area (Å²) in [4.78, 5) is 13.3. The summed E-state index contributed by atoms with van der Waals surface area (Å²) in [6.07, 6.45) is -2.87. The number of hydrogen-bond donors (Lipinski definition) is 1. The van der Waals surface area contributed by atoms with Crippen LogP contribution in [0.25, 0.3) is 0 Å². The molecule has 0 aromatic heterocycles. The third-order valence-corrected chi connectivity index (χ3v) is 2.20. The minimum absolute atomic E-state index is 0.0271. The van der Waals surface area contributed by atoms with Gasteiger partial charge < -0.3 is 15.4 Å². The molecule has 1 amide bonds. The number of nitrogens with two attached hydrogens (primary N) is 1. The highest BCUT2D eigenvalue weighted by molar-refractivity contribution is 5.76. The van der Waals surface area contributed by atoms with Gasteiger partial charge in [-0.25, -0.2) is 0 Å². The molecule has 0 unspecified atom stereocenters. The third kappa shape index (κ3) is 9.23. The highest BCUT2D eigenvalue weighted by atomic mass is 19.4. The topological polar surface area (TPSA) is 55.6 Å².